The number of aliphatic hydroxyl groups excluding tert-OH is 1. The average Bonchev–Trinajstić information content (AvgIpc) is 3.53. The lowest BCUT2D eigenvalue weighted by Gasteiger charge is -2.45. The van der Waals surface area contributed by atoms with E-state index in [0.29, 0.717) is 11.5 Å². The van der Waals surface area contributed by atoms with Crippen LogP contribution in [0.4, 0.5) is 5.69 Å². The monoisotopic (exact) mass is 522 g/mol. The number of carbonyl (C=O) groups excluding carboxylic acids is 1. The van der Waals surface area contributed by atoms with Gasteiger partial charge in [-0.05, 0) is 41.8 Å². The first-order chi connectivity index (χ1) is 18.4. The molecular weight excluding hydrogens is 496 g/mol. The molecule has 1 fully saturated rings. The van der Waals surface area contributed by atoms with Crippen LogP contribution in [0.2, 0.25) is 0 Å². The molecule has 1 N–H and O–H groups in total. The van der Waals surface area contributed by atoms with Crippen molar-refractivity contribution in [2.45, 2.75) is 37.1 Å². The molecular formula is C27H26N2O9. The second-order valence-electron chi connectivity index (χ2n) is 9.59. The fraction of sp³-hybridized carbons (Fsp3) is 0.370. The van der Waals surface area contributed by atoms with E-state index in [-0.39, 0.29) is 41.5 Å². The standard InChI is InChI=1S/C27H26N2O9/c1-34-20-8-14(18(29(32)33)11-21(20)35-2)3-4-24(31)38-27-19(30)7-15-5-6-28-12-16-9-22-23(37-13-36-22)10-17(16)25(27)26(15)28/h3-4,7-11,19,25-27,30H,5-6,12-13H2,1-2H3/b4-3+/t19?,25?,26?,27-/m1/s1. The molecule has 3 heterocycles. The quantitative estimate of drug-likeness (QED) is 0.199. The molecule has 3 aliphatic heterocycles. The predicted octanol–water partition coefficient (Wildman–Crippen LogP) is 2.94. The first-order valence-electron chi connectivity index (χ1n) is 12.2. The number of hydrogen-bond acceptors (Lipinski definition) is 10. The zero-order valence-electron chi connectivity index (χ0n) is 20.8. The lowest BCUT2D eigenvalue weighted by atomic mass is 9.73. The maximum Gasteiger partial charge on any atom is 0.331 e. The third kappa shape index (κ3) is 3.95. The smallest absolute Gasteiger partial charge is 0.331 e. The first kappa shape index (κ1) is 24.3. The molecule has 1 aliphatic carbocycles. The number of hydrogen-bond donors (Lipinski definition) is 1. The van der Waals surface area contributed by atoms with Crippen molar-refractivity contribution >= 4 is 17.7 Å². The minimum Gasteiger partial charge on any atom is -0.493 e. The summed E-state index contributed by atoms with van der Waals surface area (Å²) in [7, 11) is 2.80. The van der Waals surface area contributed by atoms with Crippen molar-refractivity contribution in [3.05, 3.63) is 68.8 Å². The molecule has 0 radical (unpaired) electrons. The Morgan fingerprint density at radius 1 is 1.16 bits per heavy atom. The van der Waals surface area contributed by atoms with Gasteiger partial charge in [0.05, 0.1) is 30.8 Å². The molecule has 3 unspecified atom stereocenters. The predicted molar refractivity (Wildman–Crippen MR) is 133 cm³/mol. The molecule has 11 nitrogen and oxygen atoms in total. The van der Waals surface area contributed by atoms with E-state index in [2.05, 4.69) is 4.90 Å². The highest BCUT2D eigenvalue weighted by Gasteiger charge is 2.50. The van der Waals surface area contributed by atoms with Crippen LogP contribution in [0.5, 0.6) is 23.0 Å². The Bertz CT molecular complexity index is 1390. The van der Waals surface area contributed by atoms with Crippen molar-refractivity contribution in [1.82, 2.24) is 4.90 Å². The van der Waals surface area contributed by atoms with Gasteiger partial charge in [-0.25, -0.2) is 4.79 Å². The van der Waals surface area contributed by atoms with E-state index < -0.39 is 23.1 Å². The lowest BCUT2D eigenvalue weighted by molar-refractivity contribution is -0.385. The summed E-state index contributed by atoms with van der Waals surface area (Å²) >= 11 is 0. The molecule has 0 aromatic heterocycles. The molecule has 1 saturated heterocycles. The summed E-state index contributed by atoms with van der Waals surface area (Å²) in [5.41, 5.74) is 3.03. The maximum atomic E-state index is 13.0. The van der Waals surface area contributed by atoms with Gasteiger partial charge in [-0.1, -0.05) is 11.6 Å². The van der Waals surface area contributed by atoms with Crippen LogP contribution < -0.4 is 18.9 Å². The highest BCUT2D eigenvalue weighted by Crippen LogP contribution is 2.50. The van der Waals surface area contributed by atoms with Gasteiger partial charge in [-0.3, -0.25) is 15.0 Å². The van der Waals surface area contributed by atoms with Gasteiger partial charge in [0, 0.05) is 31.1 Å². The molecule has 198 valence electrons. The molecule has 4 atom stereocenters. The molecule has 0 bridgehead atoms. The number of benzene rings is 2. The van der Waals surface area contributed by atoms with Gasteiger partial charge in [0.25, 0.3) is 5.69 Å². The summed E-state index contributed by atoms with van der Waals surface area (Å²) in [5.74, 6) is 0.758. The van der Waals surface area contributed by atoms with Crippen molar-refractivity contribution in [3.8, 4) is 23.0 Å². The summed E-state index contributed by atoms with van der Waals surface area (Å²) in [5, 5.41) is 22.7. The Morgan fingerprint density at radius 3 is 2.63 bits per heavy atom. The van der Waals surface area contributed by atoms with Crippen molar-refractivity contribution < 1.29 is 38.5 Å². The molecule has 11 heteroatoms. The summed E-state index contributed by atoms with van der Waals surface area (Å²) < 4.78 is 27.4. The Labute approximate surface area is 217 Å². The lowest BCUT2D eigenvalue weighted by Crippen LogP contribution is -2.51. The van der Waals surface area contributed by atoms with Crippen LogP contribution in [-0.2, 0) is 16.1 Å². The van der Waals surface area contributed by atoms with Crippen LogP contribution in [0.1, 0.15) is 29.0 Å². The Morgan fingerprint density at radius 2 is 1.89 bits per heavy atom. The van der Waals surface area contributed by atoms with Crippen molar-refractivity contribution in [2.75, 3.05) is 27.6 Å². The Hall–Kier alpha value is -4.09. The first-order valence-corrected chi connectivity index (χ1v) is 12.2. The summed E-state index contributed by atoms with van der Waals surface area (Å²) in [4.78, 5) is 26.4. The van der Waals surface area contributed by atoms with Crippen LogP contribution in [0.3, 0.4) is 0 Å². The molecule has 38 heavy (non-hydrogen) atoms. The van der Waals surface area contributed by atoms with E-state index in [1.807, 2.05) is 12.1 Å². The van der Waals surface area contributed by atoms with E-state index in [1.54, 1.807) is 6.08 Å². The zero-order valence-corrected chi connectivity index (χ0v) is 20.8. The summed E-state index contributed by atoms with van der Waals surface area (Å²) in [6.07, 6.45) is 3.18. The minimum absolute atomic E-state index is 0.0000113. The van der Waals surface area contributed by atoms with Gasteiger partial charge in [0.2, 0.25) is 6.79 Å². The van der Waals surface area contributed by atoms with Crippen LogP contribution in [0, 0.1) is 10.1 Å². The van der Waals surface area contributed by atoms with Gasteiger partial charge >= 0.3 is 5.97 Å². The summed E-state index contributed by atoms with van der Waals surface area (Å²) in [6.45, 7) is 1.72. The third-order valence-corrected chi connectivity index (χ3v) is 7.62. The molecule has 2 aromatic carbocycles. The number of methoxy groups -OCH3 is 2. The van der Waals surface area contributed by atoms with Crippen molar-refractivity contribution in [3.63, 3.8) is 0 Å². The van der Waals surface area contributed by atoms with Gasteiger partial charge < -0.3 is 28.8 Å². The second-order valence-corrected chi connectivity index (χ2v) is 9.59. The number of carbonyl (C=O) groups is 1. The fourth-order valence-corrected chi connectivity index (χ4v) is 5.98. The van der Waals surface area contributed by atoms with E-state index in [9.17, 15) is 20.0 Å². The third-order valence-electron chi connectivity index (χ3n) is 7.62. The highest BCUT2D eigenvalue weighted by atomic mass is 16.7. The summed E-state index contributed by atoms with van der Waals surface area (Å²) in [6, 6.07) is 6.55. The van der Waals surface area contributed by atoms with Crippen LogP contribution >= 0.6 is 0 Å². The van der Waals surface area contributed by atoms with Crippen molar-refractivity contribution in [1.29, 1.82) is 0 Å². The van der Waals surface area contributed by atoms with Crippen LogP contribution in [0.15, 0.2) is 42.0 Å². The molecule has 2 aromatic rings. The number of rotatable bonds is 6. The molecule has 0 saturated carbocycles. The van der Waals surface area contributed by atoms with Crippen LogP contribution in [-0.4, -0.2) is 66.7 Å². The topological polar surface area (TPSA) is 130 Å². The molecule has 6 rings (SSSR count). The van der Waals surface area contributed by atoms with Gasteiger partial charge in [-0.2, -0.15) is 0 Å². The number of esters is 1. The van der Waals surface area contributed by atoms with Crippen LogP contribution in [0.25, 0.3) is 6.08 Å². The van der Waals surface area contributed by atoms with E-state index in [0.717, 1.165) is 42.3 Å². The number of ether oxygens (including phenoxy) is 5. The highest BCUT2D eigenvalue weighted by molar-refractivity contribution is 5.88. The minimum atomic E-state index is -1.00. The van der Waals surface area contributed by atoms with Gasteiger partial charge in [-0.15, -0.1) is 0 Å². The number of nitrogens with zero attached hydrogens (tertiary/aromatic N) is 2. The number of nitro benzene ring substituents is 1. The van der Waals surface area contributed by atoms with E-state index >= 15 is 0 Å². The number of aliphatic hydroxyl groups is 1. The Balaban J connectivity index is 1.31. The maximum absolute atomic E-state index is 13.0. The van der Waals surface area contributed by atoms with Gasteiger partial charge in [0.1, 0.15) is 12.2 Å². The molecule has 4 aliphatic rings. The van der Waals surface area contributed by atoms with Crippen molar-refractivity contribution in [2.24, 2.45) is 0 Å². The fourth-order valence-electron chi connectivity index (χ4n) is 5.98. The zero-order chi connectivity index (χ0) is 26.6. The van der Waals surface area contributed by atoms with E-state index in [1.165, 1.54) is 32.4 Å². The van der Waals surface area contributed by atoms with E-state index in [4.69, 9.17) is 23.7 Å². The number of nitro groups is 1. The van der Waals surface area contributed by atoms with Gasteiger partial charge in [0.15, 0.2) is 23.0 Å². The average molecular weight is 523 g/mol. The largest absolute Gasteiger partial charge is 0.493 e. The normalized spacial score (nSPS) is 25.0. The molecule has 0 spiro atoms. The SMILES string of the molecule is COc1cc(/C=C/C(=O)O[C@@H]2C(O)C=C3CCN4Cc5cc6c(cc5C2C34)OCO6)c([N+](=O)[O-])cc1OC. The second kappa shape index (κ2) is 9.34. The Kier molecular flexibility index (Phi) is 5.96. The number of fused-ring (bicyclic) bond motifs is 3. The molecule has 0 amide bonds.